The third-order valence-corrected chi connectivity index (χ3v) is 5.54. The molecule has 7 heteroatoms. The zero-order valence-electron chi connectivity index (χ0n) is 16.3. The van der Waals surface area contributed by atoms with Gasteiger partial charge >= 0.3 is 0 Å². The number of aromatic nitrogens is 4. The summed E-state index contributed by atoms with van der Waals surface area (Å²) in [7, 11) is 0. The Labute approximate surface area is 167 Å². The first-order chi connectivity index (χ1) is 14.1. The first-order valence-electron chi connectivity index (χ1n) is 9.72. The van der Waals surface area contributed by atoms with E-state index < -0.39 is 0 Å². The van der Waals surface area contributed by atoms with Crippen molar-refractivity contribution in [1.82, 2.24) is 25.1 Å². The number of rotatable bonds is 3. The molecule has 0 spiro atoms. The molecule has 7 nitrogen and oxygen atoms in total. The molecular weight excluding hydrogens is 366 g/mol. The molecule has 1 aliphatic heterocycles. The molecule has 0 aliphatic carbocycles. The molecule has 3 aromatic heterocycles. The van der Waals surface area contributed by atoms with E-state index >= 15 is 0 Å². The molecular formula is C22H21N5O2. The Morgan fingerprint density at radius 2 is 2.10 bits per heavy atom. The van der Waals surface area contributed by atoms with Crippen molar-refractivity contribution in [2.45, 2.75) is 26.2 Å². The summed E-state index contributed by atoms with van der Waals surface area (Å²) in [6.45, 7) is 5.22. The number of aryl methyl sites for hydroxylation is 2. The minimum absolute atomic E-state index is 0.00516. The van der Waals surface area contributed by atoms with Gasteiger partial charge in [0.05, 0.1) is 11.5 Å². The smallest absolute Gasteiger partial charge is 0.270 e. The van der Waals surface area contributed by atoms with Gasteiger partial charge in [0.15, 0.2) is 0 Å². The molecule has 0 saturated carbocycles. The molecule has 146 valence electrons. The molecule has 1 aliphatic rings. The summed E-state index contributed by atoms with van der Waals surface area (Å²) < 4.78 is 5.88. The van der Waals surface area contributed by atoms with Gasteiger partial charge in [-0.05, 0) is 50.1 Å². The second kappa shape index (κ2) is 6.84. The number of aromatic amines is 1. The number of fused-ring (bicyclic) bond motifs is 1. The highest BCUT2D eigenvalue weighted by atomic mass is 16.4. The van der Waals surface area contributed by atoms with Crippen LogP contribution in [0.15, 0.2) is 47.0 Å². The van der Waals surface area contributed by atoms with Gasteiger partial charge in [-0.15, -0.1) is 10.2 Å². The van der Waals surface area contributed by atoms with Crippen LogP contribution >= 0.6 is 0 Å². The van der Waals surface area contributed by atoms with Gasteiger partial charge in [0.1, 0.15) is 5.69 Å². The molecule has 1 aromatic carbocycles. The van der Waals surface area contributed by atoms with Crippen LogP contribution in [0.1, 0.15) is 40.0 Å². The van der Waals surface area contributed by atoms with Gasteiger partial charge < -0.3 is 14.3 Å². The van der Waals surface area contributed by atoms with Crippen LogP contribution < -0.4 is 0 Å². The average Bonchev–Trinajstić information content (AvgIpc) is 3.47. The van der Waals surface area contributed by atoms with Crippen LogP contribution in [0.2, 0.25) is 0 Å². The van der Waals surface area contributed by atoms with E-state index in [0.717, 1.165) is 34.1 Å². The predicted octanol–water partition coefficient (Wildman–Crippen LogP) is 3.86. The zero-order chi connectivity index (χ0) is 20.0. The van der Waals surface area contributed by atoms with Crippen molar-refractivity contribution in [3.8, 4) is 11.5 Å². The number of amides is 1. The van der Waals surface area contributed by atoms with Crippen LogP contribution in [-0.2, 0) is 0 Å². The third kappa shape index (κ3) is 3.18. The minimum Gasteiger partial charge on any atom is -0.420 e. The maximum atomic E-state index is 13.0. The number of carbonyl (C=O) groups excluding carboxylic acids is 1. The van der Waals surface area contributed by atoms with Gasteiger partial charge in [-0.25, -0.2) is 0 Å². The summed E-state index contributed by atoms with van der Waals surface area (Å²) in [5.41, 5.74) is 4.49. The van der Waals surface area contributed by atoms with E-state index in [4.69, 9.17) is 4.42 Å². The number of hydrogen-bond donors (Lipinski definition) is 1. The third-order valence-electron chi connectivity index (χ3n) is 5.54. The lowest BCUT2D eigenvalue weighted by molar-refractivity contribution is 0.0785. The standard InChI is InChI=1S/C22H21N5O2/c1-13-4-3-5-18-17(13)10-19(24-18)22(28)27-9-8-16(12-27)21-26-25-20(29-21)15-7-6-14(2)23-11-15/h3-7,10-11,16,24H,8-9,12H2,1-2H3/t16-/m0/s1. The van der Waals surface area contributed by atoms with Crippen LogP contribution in [0.3, 0.4) is 0 Å². The van der Waals surface area contributed by atoms with E-state index in [2.05, 4.69) is 20.2 Å². The first kappa shape index (κ1) is 17.6. The van der Waals surface area contributed by atoms with Gasteiger partial charge in [-0.1, -0.05) is 12.1 Å². The number of carbonyl (C=O) groups is 1. The number of nitrogens with one attached hydrogen (secondary N) is 1. The fraction of sp³-hybridized carbons (Fsp3) is 0.273. The van der Waals surface area contributed by atoms with E-state index in [9.17, 15) is 4.79 Å². The van der Waals surface area contributed by atoms with Crippen molar-refractivity contribution in [3.05, 3.63) is 65.4 Å². The number of H-pyrrole nitrogens is 1. The lowest BCUT2D eigenvalue weighted by atomic mass is 10.1. The molecule has 0 radical (unpaired) electrons. The molecule has 1 atom stereocenters. The van der Waals surface area contributed by atoms with Crippen LogP contribution in [0.25, 0.3) is 22.4 Å². The Bertz CT molecular complexity index is 1190. The van der Waals surface area contributed by atoms with E-state index in [1.165, 1.54) is 0 Å². The van der Waals surface area contributed by atoms with Crippen LogP contribution in [0.5, 0.6) is 0 Å². The molecule has 29 heavy (non-hydrogen) atoms. The average molecular weight is 387 g/mol. The molecule has 4 heterocycles. The highest BCUT2D eigenvalue weighted by Crippen LogP contribution is 2.30. The Kier molecular flexibility index (Phi) is 4.16. The van der Waals surface area contributed by atoms with Gasteiger partial charge in [-0.2, -0.15) is 0 Å². The molecule has 0 unspecified atom stereocenters. The van der Waals surface area contributed by atoms with Crippen LogP contribution in [-0.4, -0.2) is 44.1 Å². The second-order valence-corrected chi connectivity index (χ2v) is 7.59. The SMILES string of the molecule is Cc1ccc(-c2nnc([C@H]3CCN(C(=O)c4cc5c(C)cccc5[nH]4)C3)o2)cn1. The van der Waals surface area contributed by atoms with E-state index in [1.807, 2.05) is 55.1 Å². The first-order valence-corrected chi connectivity index (χ1v) is 9.72. The Morgan fingerprint density at radius 3 is 2.90 bits per heavy atom. The number of hydrogen-bond acceptors (Lipinski definition) is 5. The summed E-state index contributed by atoms with van der Waals surface area (Å²) in [5.74, 6) is 1.09. The quantitative estimate of drug-likeness (QED) is 0.577. The van der Waals surface area contributed by atoms with Crippen LogP contribution in [0.4, 0.5) is 0 Å². The van der Waals surface area contributed by atoms with Crippen LogP contribution in [0, 0.1) is 13.8 Å². The maximum Gasteiger partial charge on any atom is 0.270 e. The molecule has 1 saturated heterocycles. The maximum absolute atomic E-state index is 13.0. The summed E-state index contributed by atoms with van der Waals surface area (Å²) in [6, 6.07) is 11.8. The summed E-state index contributed by atoms with van der Waals surface area (Å²) in [6.07, 6.45) is 2.54. The van der Waals surface area contributed by atoms with Crippen molar-refractivity contribution in [3.63, 3.8) is 0 Å². The Hall–Kier alpha value is -3.48. The van der Waals surface area contributed by atoms with E-state index in [1.54, 1.807) is 6.20 Å². The largest absolute Gasteiger partial charge is 0.420 e. The van der Waals surface area contributed by atoms with E-state index in [-0.39, 0.29) is 11.8 Å². The summed E-state index contributed by atoms with van der Waals surface area (Å²) in [5, 5.41) is 9.46. The Balaban J connectivity index is 1.32. The number of pyridine rings is 1. The van der Waals surface area contributed by atoms with Crippen molar-refractivity contribution >= 4 is 16.8 Å². The Morgan fingerprint density at radius 1 is 1.21 bits per heavy atom. The van der Waals surface area contributed by atoms with Gasteiger partial charge in [0.2, 0.25) is 11.8 Å². The van der Waals surface area contributed by atoms with Crippen molar-refractivity contribution in [1.29, 1.82) is 0 Å². The van der Waals surface area contributed by atoms with Crippen molar-refractivity contribution in [2.75, 3.05) is 13.1 Å². The number of nitrogens with zero attached hydrogens (tertiary/aromatic N) is 4. The molecule has 5 rings (SSSR count). The lowest BCUT2D eigenvalue weighted by Crippen LogP contribution is -2.28. The summed E-state index contributed by atoms with van der Waals surface area (Å²) in [4.78, 5) is 22.4. The van der Waals surface area contributed by atoms with E-state index in [0.29, 0.717) is 30.6 Å². The topological polar surface area (TPSA) is 87.9 Å². The normalized spacial score (nSPS) is 16.6. The zero-order valence-corrected chi connectivity index (χ0v) is 16.3. The molecule has 1 fully saturated rings. The minimum atomic E-state index is 0.00516. The summed E-state index contributed by atoms with van der Waals surface area (Å²) >= 11 is 0. The van der Waals surface area contributed by atoms with Gasteiger partial charge in [-0.3, -0.25) is 9.78 Å². The lowest BCUT2D eigenvalue weighted by Gasteiger charge is -2.14. The monoisotopic (exact) mass is 387 g/mol. The highest BCUT2D eigenvalue weighted by Gasteiger charge is 2.32. The molecule has 1 amide bonds. The second-order valence-electron chi connectivity index (χ2n) is 7.59. The molecule has 1 N–H and O–H groups in total. The predicted molar refractivity (Wildman–Crippen MR) is 109 cm³/mol. The molecule has 0 bridgehead atoms. The number of likely N-dealkylation sites (tertiary alicyclic amines) is 1. The number of benzene rings is 1. The fourth-order valence-electron chi connectivity index (χ4n) is 3.85. The highest BCUT2D eigenvalue weighted by molar-refractivity contribution is 5.99. The fourth-order valence-corrected chi connectivity index (χ4v) is 3.85. The van der Waals surface area contributed by atoms with Gasteiger partial charge in [0, 0.05) is 35.9 Å². The van der Waals surface area contributed by atoms with Gasteiger partial charge in [0.25, 0.3) is 5.91 Å². The van der Waals surface area contributed by atoms with Crippen molar-refractivity contribution in [2.24, 2.45) is 0 Å². The van der Waals surface area contributed by atoms with Crippen molar-refractivity contribution < 1.29 is 9.21 Å². The molecule has 4 aromatic rings.